The number of likely N-dealkylation sites (tertiary alicyclic amines) is 1. The average Bonchev–Trinajstić information content (AvgIpc) is 2.72. The Kier molecular flexibility index (Phi) is 2.51. The third-order valence-corrected chi connectivity index (χ3v) is 2.82. The Balaban J connectivity index is 1.89. The highest BCUT2D eigenvalue weighted by molar-refractivity contribution is 5.79. The normalized spacial score (nSPS) is 34.1. The fourth-order valence-corrected chi connectivity index (χ4v) is 1.97. The average molecular weight is 184 g/mol. The third kappa shape index (κ3) is 1.84. The minimum absolute atomic E-state index is 0.102. The zero-order valence-electron chi connectivity index (χ0n) is 7.74. The fraction of sp³-hybridized carbons (Fsp3) is 0.889. The molecule has 2 aliphatic heterocycles. The van der Waals surface area contributed by atoms with Gasteiger partial charge < -0.3 is 15.4 Å². The number of ether oxygens (including phenoxy) is 1. The summed E-state index contributed by atoms with van der Waals surface area (Å²) in [6, 6.07) is 0.186. The van der Waals surface area contributed by atoms with Crippen molar-refractivity contribution in [1.82, 2.24) is 4.90 Å². The van der Waals surface area contributed by atoms with Crippen molar-refractivity contribution in [1.29, 1.82) is 0 Å². The highest BCUT2D eigenvalue weighted by atomic mass is 16.5. The van der Waals surface area contributed by atoms with Crippen molar-refractivity contribution in [2.24, 2.45) is 11.7 Å². The van der Waals surface area contributed by atoms with Crippen LogP contribution in [0, 0.1) is 5.92 Å². The molecular formula is C9H16N2O2. The number of carbonyl (C=O) groups is 1. The quantitative estimate of drug-likeness (QED) is 0.602. The molecule has 0 spiro atoms. The Morgan fingerprint density at radius 3 is 2.85 bits per heavy atom. The molecule has 0 radical (unpaired) electrons. The zero-order chi connectivity index (χ0) is 9.26. The van der Waals surface area contributed by atoms with E-state index in [9.17, 15) is 4.79 Å². The monoisotopic (exact) mass is 184 g/mol. The standard InChI is InChI=1S/C9H16N2O2/c10-8-1-3-11(5-8)9(12)7-2-4-13-6-7/h7-8H,1-6,10H2/t7-,8-/m0/s1. The second-order valence-corrected chi connectivity index (χ2v) is 3.89. The molecule has 2 fully saturated rings. The number of hydrogen-bond donors (Lipinski definition) is 1. The number of carbonyl (C=O) groups excluding carboxylic acids is 1. The predicted octanol–water partition coefficient (Wildman–Crippen LogP) is -0.418. The van der Waals surface area contributed by atoms with E-state index in [0.717, 1.165) is 32.5 Å². The molecule has 0 aromatic heterocycles. The lowest BCUT2D eigenvalue weighted by molar-refractivity contribution is -0.134. The van der Waals surface area contributed by atoms with Gasteiger partial charge in [0.25, 0.3) is 0 Å². The van der Waals surface area contributed by atoms with Crippen LogP contribution in [0.15, 0.2) is 0 Å². The van der Waals surface area contributed by atoms with Crippen LogP contribution in [-0.2, 0) is 9.53 Å². The van der Waals surface area contributed by atoms with Gasteiger partial charge in [0.1, 0.15) is 0 Å². The van der Waals surface area contributed by atoms with E-state index >= 15 is 0 Å². The smallest absolute Gasteiger partial charge is 0.228 e. The summed E-state index contributed by atoms with van der Waals surface area (Å²) in [4.78, 5) is 13.7. The Morgan fingerprint density at radius 2 is 2.31 bits per heavy atom. The highest BCUT2D eigenvalue weighted by Crippen LogP contribution is 2.18. The molecule has 1 amide bonds. The first-order valence-corrected chi connectivity index (χ1v) is 4.89. The van der Waals surface area contributed by atoms with Crippen LogP contribution in [0.1, 0.15) is 12.8 Å². The summed E-state index contributed by atoms with van der Waals surface area (Å²) in [6.45, 7) is 2.90. The van der Waals surface area contributed by atoms with E-state index in [1.165, 1.54) is 0 Å². The summed E-state index contributed by atoms with van der Waals surface area (Å²) in [7, 11) is 0. The van der Waals surface area contributed by atoms with Crippen molar-refractivity contribution in [2.75, 3.05) is 26.3 Å². The highest BCUT2D eigenvalue weighted by Gasteiger charge is 2.31. The van der Waals surface area contributed by atoms with Gasteiger partial charge in [-0.2, -0.15) is 0 Å². The molecule has 2 N–H and O–H groups in total. The van der Waals surface area contributed by atoms with Gasteiger partial charge in [0, 0.05) is 25.7 Å². The molecule has 13 heavy (non-hydrogen) atoms. The van der Waals surface area contributed by atoms with Crippen LogP contribution >= 0.6 is 0 Å². The van der Waals surface area contributed by atoms with E-state index in [1.54, 1.807) is 0 Å². The molecule has 4 nitrogen and oxygen atoms in total. The largest absolute Gasteiger partial charge is 0.381 e. The van der Waals surface area contributed by atoms with Crippen molar-refractivity contribution in [3.05, 3.63) is 0 Å². The maximum atomic E-state index is 11.8. The Hall–Kier alpha value is -0.610. The van der Waals surface area contributed by atoms with Crippen LogP contribution in [0.25, 0.3) is 0 Å². The van der Waals surface area contributed by atoms with Crippen molar-refractivity contribution in [2.45, 2.75) is 18.9 Å². The molecule has 0 saturated carbocycles. The molecule has 2 aliphatic rings. The molecule has 2 saturated heterocycles. The minimum atomic E-state index is 0.102. The van der Waals surface area contributed by atoms with Gasteiger partial charge >= 0.3 is 0 Å². The Bertz CT molecular complexity index is 202. The first-order valence-electron chi connectivity index (χ1n) is 4.89. The number of rotatable bonds is 1. The van der Waals surface area contributed by atoms with Crippen LogP contribution in [0.3, 0.4) is 0 Å². The van der Waals surface area contributed by atoms with Gasteiger partial charge in [0.05, 0.1) is 12.5 Å². The molecule has 0 bridgehead atoms. The van der Waals surface area contributed by atoms with Crippen molar-refractivity contribution < 1.29 is 9.53 Å². The molecule has 4 heteroatoms. The maximum Gasteiger partial charge on any atom is 0.228 e. The summed E-state index contributed by atoms with van der Waals surface area (Å²) in [5, 5.41) is 0. The first-order chi connectivity index (χ1) is 6.27. The van der Waals surface area contributed by atoms with E-state index in [2.05, 4.69) is 0 Å². The van der Waals surface area contributed by atoms with Crippen LogP contribution in [-0.4, -0.2) is 43.2 Å². The molecule has 0 aliphatic carbocycles. The fourth-order valence-electron chi connectivity index (χ4n) is 1.97. The molecule has 0 aromatic rings. The number of amides is 1. The van der Waals surface area contributed by atoms with Gasteiger partial charge in [-0.25, -0.2) is 0 Å². The van der Waals surface area contributed by atoms with Crippen LogP contribution in [0.2, 0.25) is 0 Å². The molecule has 74 valence electrons. The van der Waals surface area contributed by atoms with Crippen molar-refractivity contribution in [3.8, 4) is 0 Å². The molecule has 2 atom stereocenters. The Labute approximate surface area is 78.0 Å². The lowest BCUT2D eigenvalue weighted by atomic mass is 10.1. The van der Waals surface area contributed by atoms with E-state index in [-0.39, 0.29) is 17.9 Å². The summed E-state index contributed by atoms with van der Waals surface area (Å²) >= 11 is 0. The van der Waals surface area contributed by atoms with Gasteiger partial charge in [0.2, 0.25) is 5.91 Å². The van der Waals surface area contributed by atoms with Gasteiger partial charge in [-0.05, 0) is 12.8 Å². The van der Waals surface area contributed by atoms with Crippen LogP contribution in [0.4, 0.5) is 0 Å². The van der Waals surface area contributed by atoms with E-state index < -0.39 is 0 Å². The number of nitrogens with zero attached hydrogens (tertiary/aromatic N) is 1. The van der Waals surface area contributed by atoms with Gasteiger partial charge in [-0.1, -0.05) is 0 Å². The van der Waals surface area contributed by atoms with Crippen molar-refractivity contribution in [3.63, 3.8) is 0 Å². The lowest BCUT2D eigenvalue weighted by Gasteiger charge is -2.18. The molecule has 0 aromatic carbocycles. The Morgan fingerprint density at radius 1 is 1.46 bits per heavy atom. The number of nitrogens with two attached hydrogens (primary N) is 1. The summed E-state index contributed by atoms with van der Waals surface area (Å²) in [5.41, 5.74) is 5.74. The second-order valence-electron chi connectivity index (χ2n) is 3.89. The zero-order valence-corrected chi connectivity index (χ0v) is 7.74. The van der Waals surface area contributed by atoms with Gasteiger partial charge in [0.15, 0.2) is 0 Å². The topological polar surface area (TPSA) is 55.6 Å². The molecular weight excluding hydrogens is 168 g/mol. The van der Waals surface area contributed by atoms with E-state index in [1.807, 2.05) is 4.90 Å². The third-order valence-electron chi connectivity index (χ3n) is 2.82. The number of hydrogen-bond acceptors (Lipinski definition) is 3. The second kappa shape index (κ2) is 3.64. The lowest BCUT2D eigenvalue weighted by Crippen LogP contribution is -2.36. The first kappa shape index (κ1) is 8.97. The SMILES string of the molecule is N[C@H]1CCN(C(=O)[C@H]2CCOC2)C1. The van der Waals surface area contributed by atoms with Gasteiger partial charge in [-0.3, -0.25) is 4.79 Å². The van der Waals surface area contributed by atoms with Gasteiger partial charge in [-0.15, -0.1) is 0 Å². The minimum Gasteiger partial charge on any atom is -0.381 e. The summed E-state index contributed by atoms with van der Waals surface area (Å²) < 4.78 is 5.19. The molecule has 2 rings (SSSR count). The predicted molar refractivity (Wildman–Crippen MR) is 48.1 cm³/mol. The van der Waals surface area contributed by atoms with Crippen molar-refractivity contribution >= 4 is 5.91 Å². The summed E-state index contributed by atoms with van der Waals surface area (Å²) in [5.74, 6) is 0.343. The van der Waals surface area contributed by atoms with E-state index in [0.29, 0.717) is 6.61 Å². The molecule has 2 heterocycles. The van der Waals surface area contributed by atoms with Crippen LogP contribution < -0.4 is 5.73 Å². The summed E-state index contributed by atoms with van der Waals surface area (Å²) in [6.07, 6.45) is 1.82. The molecule has 0 unspecified atom stereocenters. The van der Waals surface area contributed by atoms with E-state index in [4.69, 9.17) is 10.5 Å². The maximum absolute atomic E-state index is 11.8. The van der Waals surface area contributed by atoms with Crippen LogP contribution in [0.5, 0.6) is 0 Å².